The molecule has 4 rings (SSSR count). The van der Waals surface area contributed by atoms with Crippen LogP contribution in [0.25, 0.3) is 0 Å². The second kappa shape index (κ2) is 8.22. The van der Waals surface area contributed by atoms with Crippen molar-refractivity contribution in [2.75, 3.05) is 19.0 Å². The molecule has 0 saturated carbocycles. The third-order valence-corrected chi connectivity index (χ3v) is 10.7. The van der Waals surface area contributed by atoms with Crippen molar-refractivity contribution in [1.82, 2.24) is 19.7 Å². The molecule has 2 aliphatic rings. The van der Waals surface area contributed by atoms with E-state index in [1.807, 2.05) is 0 Å². The van der Waals surface area contributed by atoms with Crippen molar-refractivity contribution in [1.29, 1.82) is 0 Å². The highest BCUT2D eigenvalue weighted by molar-refractivity contribution is 8.04. The van der Waals surface area contributed by atoms with E-state index in [0.29, 0.717) is 0 Å². The molecule has 4 heterocycles. The number of nitrogens with two attached hydrogens (primary N) is 1. The Hall–Kier alpha value is -3.13. The minimum Gasteiger partial charge on any atom is -0.480 e. The van der Waals surface area contributed by atoms with Crippen LogP contribution < -0.4 is 20.5 Å². The Kier molecular flexibility index (Phi) is 5.87. The largest absolute Gasteiger partial charge is 0.480 e. The molecule has 1 amide bonds. The van der Waals surface area contributed by atoms with Gasteiger partial charge in [-0.05, 0) is 43.0 Å². The van der Waals surface area contributed by atoms with E-state index in [2.05, 4.69) is 30.0 Å². The number of anilines is 1. The van der Waals surface area contributed by atoms with Gasteiger partial charge in [-0.3, -0.25) is 18.7 Å². The van der Waals surface area contributed by atoms with E-state index >= 15 is 4.39 Å². The first-order valence-corrected chi connectivity index (χ1v) is 12.4. The molecule has 0 bridgehead atoms. The van der Waals surface area contributed by atoms with Crippen LogP contribution in [0.2, 0.25) is 0 Å². The molecule has 2 aromatic rings. The summed E-state index contributed by atoms with van der Waals surface area (Å²) in [4.78, 5) is 29.0. The highest BCUT2D eigenvalue weighted by Crippen LogP contribution is 2.50. The van der Waals surface area contributed by atoms with Crippen LogP contribution in [-0.2, 0) is 15.7 Å². The Morgan fingerprint density at radius 1 is 1.26 bits per heavy atom. The predicted octanol–water partition coefficient (Wildman–Crippen LogP) is 1.57. The number of ether oxygens (including phenoxy) is 1. The van der Waals surface area contributed by atoms with Gasteiger partial charge in [-0.2, -0.15) is 0 Å². The van der Waals surface area contributed by atoms with Crippen LogP contribution in [0, 0.1) is 5.82 Å². The molecule has 35 heavy (non-hydrogen) atoms. The molecule has 4 N–H and O–H groups in total. The number of methoxy groups -OCH3 is 1. The Morgan fingerprint density at radius 3 is 2.60 bits per heavy atom. The minimum atomic E-state index is -3.67. The second-order valence-corrected chi connectivity index (χ2v) is 12.6. The summed E-state index contributed by atoms with van der Waals surface area (Å²) < 4.78 is 64.4. The average molecular weight is 514 g/mol. The van der Waals surface area contributed by atoms with Gasteiger partial charge in [-0.25, -0.2) is 28.1 Å². The van der Waals surface area contributed by atoms with Gasteiger partial charge < -0.3 is 15.8 Å². The Morgan fingerprint density at radius 2 is 1.97 bits per heavy atom. The first-order valence-electron chi connectivity index (χ1n) is 10.7. The van der Waals surface area contributed by atoms with Gasteiger partial charge in [0.25, 0.3) is 11.8 Å². The maximum absolute atomic E-state index is 15.1. The smallest absolute Gasteiger partial charge is 0.277 e. The summed E-state index contributed by atoms with van der Waals surface area (Å²) >= 11 is 0. The van der Waals surface area contributed by atoms with E-state index in [1.54, 1.807) is 13.8 Å². The van der Waals surface area contributed by atoms with Crippen molar-refractivity contribution >= 4 is 27.7 Å². The Bertz CT molecular complexity index is 1260. The number of aliphatic imine (C=N–C) groups is 1. The number of aromatic nitrogens is 3. The lowest BCUT2D eigenvalue weighted by molar-refractivity contribution is -0.0139. The van der Waals surface area contributed by atoms with Crippen LogP contribution in [0.15, 0.2) is 29.5 Å². The lowest BCUT2D eigenvalue weighted by Crippen LogP contribution is -2.72. The van der Waals surface area contributed by atoms with Gasteiger partial charge in [0.05, 0.1) is 36.0 Å². The molecule has 1 saturated heterocycles. The molecule has 0 unspecified atom stereocenters. The number of carbonyl (C=O) groups is 1. The molecule has 0 radical (unpaired) electrons. The summed E-state index contributed by atoms with van der Waals surface area (Å²) in [5.41, 5.74) is 3.94. The molecule has 2 atom stereocenters. The van der Waals surface area contributed by atoms with Crippen molar-refractivity contribution in [2.24, 2.45) is 10.7 Å². The fourth-order valence-electron chi connectivity index (χ4n) is 4.40. The Balaban J connectivity index is 1.76. The van der Waals surface area contributed by atoms with Crippen molar-refractivity contribution in [3.8, 4) is 5.88 Å². The second-order valence-electron chi connectivity index (χ2n) is 9.20. The van der Waals surface area contributed by atoms with Gasteiger partial charge >= 0.3 is 0 Å². The van der Waals surface area contributed by atoms with E-state index in [0.717, 1.165) is 6.07 Å². The lowest BCUT2D eigenvalue weighted by atomic mass is 9.88. The molecule has 1 fully saturated rings. The molecule has 0 spiro atoms. The van der Waals surface area contributed by atoms with Crippen LogP contribution >= 0.6 is 0 Å². The number of alkyl halides is 2. The van der Waals surface area contributed by atoms with E-state index < -0.39 is 56.3 Å². The van der Waals surface area contributed by atoms with Crippen LogP contribution in [-0.4, -0.2) is 60.5 Å². The van der Waals surface area contributed by atoms with Gasteiger partial charge in [0, 0.05) is 6.42 Å². The molecular weight excluding hydrogens is 487 g/mol. The number of fused-ring (bicyclic) bond motifs is 1. The lowest BCUT2D eigenvalue weighted by Gasteiger charge is -2.56. The van der Waals surface area contributed by atoms with E-state index in [-0.39, 0.29) is 28.9 Å². The number of rotatable bonds is 4. The maximum Gasteiger partial charge on any atom is 0.277 e. The number of hydrogen-bond donors (Lipinski definition) is 4. The number of nitrogens with zero attached hydrogens (tertiary/aromatic N) is 4. The fraction of sp³-hybridized carbons (Fsp3) is 0.476. The third-order valence-electron chi connectivity index (χ3n) is 6.60. The van der Waals surface area contributed by atoms with Crippen LogP contribution in [0.3, 0.4) is 0 Å². The molecule has 0 aromatic carbocycles. The zero-order valence-electron chi connectivity index (χ0n) is 19.5. The van der Waals surface area contributed by atoms with Crippen molar-refractivity contribution < 1.29 is 26.9 Å². The van der Waals surface area contributed by atoms with E-state index in [9.17, 15) is 17.8 Å². The number of hydrogen-bond acceptors (Lipinski definition) is 8. The molecular formula is C21H26F3N7O3S. The van der Waals surface area contributed by atoms with Crippen molar-refractivity contribution in [3.05, 3.63) is 41.7 Å². The van der Waals surface area contributed by atoms with Gasteiger partial charge in [0.2, 0.25) is 5.88 Å². The third kappa shape index (κ3) is 4.03. The Labute approximate surface area is 200 Å². The van der Waals surface area contributed by atoms with Gasteiger partial charge in [0.15, 0.2) is 0 Å². The number of halogens is 3. The summed E-state index contributed by atoms with van der Waals surface area (Å²) in [5, 5.41) is 1.17. The molecule has 2 aromatic heterocycles. The topological polar surface area (TPSA) is 144 Å². The standard InChI is InChI=1S/C21H26F3N7O3S/c1-19(2)18(25)31-20(3,13-7-21(23,24)10-28-35(13,19)33)16-11(22)5-6-14(29-16)30-17(32)12-8-27-15(34-4)9-26-12/h5-6,8-9,13,35H,7,10H2,1-4H3,(H2,25,31)(H,28,33)(H,29,30,32)/t13-,20+/m1/s1. The molecule has 14 heteroatoms. The van der Waals surface area contributed by atoms with Gasteiger partial charge in [-0.15, -0.1) is 0 Å². The number of amidine groups is 1. The molecule has 190 valence electrons. The molecule has 10 nitrogen and oxygen atoms in total. The average Bonchev–Trinajstić information content (AvgIpc) is 2.80. The summed E-state index contributed by atoms with van der Waals surface area (Å²) in [6.07, 6.45) is 1.63. The predicted molar refractivity (Wildman–Crippen MR) is 125 cm³/mol. The van der Waals surface area contributed by atoms with E-state index in [1.165, 1.54) is 32.5 Å². The van der Waals surface area contributed by atoms with Crippen LogP contribution in [0.5, 0.6) is 5.88 Å². The number of carbonyl (C=O) groups excluding carboxylic acids is 1. The van der Waals surface area contributed by atoms with E-state index in [4.69, 9.17) is 10.5 Å². The summed E-state index contributed by atoms with van der Waals surface area (Å²) in [6, 6.07) is 2.22. The van der Waals surface area contributed by atoms with Crippen molar-refractivity contribution in [3.63, 3.8) is 0 Å². The maximum atomic E-state index is 15.1. The highest BCUT2D eigenvalue weighted by Gasteiger charge is 2.62. The van der Waals surface area contributed by atoms with Gasteiger partial charge in [0.1, 0.15) is 34.4 Å². The van der Waals surface area contributed by atoms with Crippen LogP contribution in [0.1, 0.15) is 43.4 Å². The summed E-state index contributed by atoms with van der Waals surface area (Å²) in [7, 11) is -2.28. The van der Waals surface area contributed by atoms with Gasteiger partial charge in [-0.1, -0.05) is 0 Å². The SMILES string of the molecule is COc1cnc(C(=O)Nc2ccc(F)c([C@@]3(C)N=C(N)C(C)(C)[SH]4(=O)NCC(F)(F)C[C@H]34)n2)cn1. The summed E-state index contributed by atoms with van der Waals surface area (Å²) in [6.45, 7) is 3.71. The number of pyridine rings is 1. The van der Waals surface area contributed by atoms with Crippen molar-refractivity contribution in [2.45, 2.75) is 48.7 Å². The number of amides is 1. The quantitative estimate of drug-likeness (QED) is 0.454. The highest BCUT2D eigenvalue weighted by atomic mass is 32.3. The molecule has 0 aliphatic carbocycles. The van der Waals surface area contributed by atoms with Crippen LogP contribution in [0.4, 0.5) is 19.0 Å². The zero-order valence-corrected chi connectivity index (χ0v) is 20.4. The first kappa shape index (κ1) is 25.0. The number of thiol groups is 1. The monoisotopic (exact) mass is 513 g/mol. The first-order chi connectivity index (χ1) is 16.2. The zero-order chi connectivity index (χ0) is 25.8. The fourth-order valence-corrected chi connectivity index (χ4v) is 8.06. The summed E-state index contributed by atoms with van der Waals surface area (Å²) in [5.74, 6) is -4.72. The normalized spacial score (nSPS) is 27.2. The minimum absolute atomic E-state index is 0.0630. The number of nitrogens with one attached hydrogen (secondary N) is 2. The molecule has 2 aliphatic heterocycles.